The average Bonchev–Trinajstić information content (AvgIpc) is 2.15. The van der Waals surface area contributed by atoms with Gasteiger partial charge in [-0.3, -0.25) is 0 Å². The number of ether oxygens (including phenoxy) is 1. The van der Waals surface area contributed by atoms with E-state index in [2.05, 4.69) is 0 Å². The average molecular weight is 198 g/mol. The first kappa shape index (κ1) is 11.0. The van der Waals surface area contributed by atoms with Crippen molar-refractivity contribution in [3.05, 3.63) is 29.6 Å². The zero-order valence-electron chi connectivity index (χ0n) is 8.62. The molecular formula is C11H15FO2. The van der Waals surface area contributed by atoms with Crippen LogP contribution in [0.2, 0.25) is 0 Å². The highest BCUT2D eigenvalue weighted by Gasteiger charge is 2.13. The van der Waals surface area contributed by atoms with Gasteiger partial charge in [0.1, 0.15) is 11.6 Å². The molecule has 1 rings (SSSR count). The van der Waals surface area contributed by atoms with Crippen LogP contribution in [0.15, 0.2) is 18.2 Å². The summed E-state index contributed by atoms with van der Waals surface area (Å²) in [5.41, 5.74) is 0.747. The van der Waals surface area contributed by atoms with E-state index in [-0.39, 0.29) is 11.7 Å². The number of hydrogen-bond acceptors (Lipinski definition) is 2. The van der Waals surface area contributed by atoms with E-state index >= 15 is 0 Å². The lowest BCUT2D eigenvalue weighted by Crippen LogP contribution is -2.11. The molecule has 14 heavy (non-hydrogen) atoms. The van der Waals surface area contributed by atoms with Crippen molar-refractivity contribution in [3.8, 4) is 5.75 Å². The molecule has 0 aromatic heterocycles. The summed E-state index contributed by atoms with van der Waals surface area (Å²) in [6, 6.07) is 4.47. The number of methoxy groups -OCH3 is 1. The summed E-state index contributed by atoms with van der Waals surface area (Å²) in [5.74, 6) is 0.0407. The van der Waals surface area contributed by atoms with Crippen LogP contribution in [0.4, 0.5) is 4.39 Å². The molecule has 1 aromatic rings. The van der Waals surface area contributed by atoms with Crippen molar-refractivity contribution >= 4 is 0 Å². The van der Waals surface area contributed by atoms with Gasteiger partial charge in [0.05, 0.1) is 13.2 Å². The molecule has 1 N–H and O–H groups in total. The molecule has 1 aromatic carbocycles. The van der Waals surface area contributed by atoms with E-state index < -0.39 is 6.10 Å². The SMILES string of the molecule is COc1cc(F)cc(C(C)C(C)O)c1. The number of rotatable bonds is 3. The molecule has 0 radical (unpaired) electrons. The molecule has 0 bridgehead atoms. The number of benzene rings is 1. The quantitative estimate of drug-likeness (QED) is 0.807. The molecule has 0 aliphatic carbocycles. The van der Waals surface area contributed by atoms with Crippen molar-refractivity contribution in [1.82, 2.24) is 0 Å². The molecule has 0 spiro atoms. The van der Waals surface area contributed by atoms with Gasteiger partial charge in [0.2, 0.25) is 0 Å². The molecule has 2 atom stereocenters. The number of hydrogen-bond donors (Lipinski definition) is 1. The number of halogens is 1. The van der Waals surface area contributed by atoms with E-state index in [9.17, 15) is 9.50 Å². The first-order valence-corrected chi connectivity index (χ1v) is 4.57. The minimum absolute atomic E-state index is 0.0976. The normalized spacial score (nSPS) is 14.9. The van der Waals surface area contributed by atoms with Crippen LogP contribution < -0.4 is 4.74 Å². The molecule has 2 unspecified atom stereocenters. The van der Waals surface area contributed by atoms with Crippen molar-refractivity contribution in [3.63, 3.8) is 0 Å². The van der Waals surface area contributed by atoms with Crippen molar-refractivity contribution in [2.75, 3.05) is 7.11 Å². The lowest BCUT2D eigenvalue weighted by atomic mass is 9.96. The molecule has 78 valence electrons. The van der Waals surface area contributed by atoms with Crippen molar-refractivity contribution in [2.45, 2.75) is 25.9 Å². The Bertz CT molecular complexity index is 310. The Kier molecular flexibility index (Phi) is 3.47. The predicted octanol–water partition coefficient (Wildman–Crippen LogP) is 2.32. The minimum Gasteiger partial charge on any atom is -0.497 e. The first-order chi connectivity index (χ1) is 6.54. The highest BCUT2D eigenvalue weighted by atomic mass is 19.1. The van der Waals surface area contributed by atoms with Crippen molar-refractivity contribution < 1.29 is 14.2 Å². The van der Waals surface area contributed by atoms with Crippen LogP contribution in [-0.2, 0) is 0 Å². The third kappa shape index (κ3) is 2.45. The largest absolute Gasteiger partial charge is 0.497 e. The number of aliphatic hydroxyl groups is 1. The van der Waals surface area contributed by atoms with E-state index in [0.717, 1.165) is 5.56 Å². The fourth-order valence-corrected chi connectivity index (χ4v) is 1.24. The van der Waals surface area contributed by atoms with Crippen molar-refractivity contribution in [1.29, 1.82) is 0 Å². The Hall–Kier alpha value is -1.09. The highest BCUT2D eigenvalue weighted by molar-refractivity contribution is 5.32. The minimum atomic E-state index is -0.499. The molecule has 0 saturated heterocycles. The molecule has 0 fully saturated rings. The molecule has 0 heterocycles. The molecule has 0 saturated carbocycles. The number of aliphatic hydroxyl groups excluding tert-OH is 1. The van der Waals surface area contributed by atoms with E-state index in [1.54, 1.807) is 13.0 Å². The van der Waals surface area contributed by atoms with Gasteiger partial charge in [-0.05, 0) is 24.6 Å². The Morgan fingerprint density at radius 2 is 1.93 bits per heavy atom. The van der Waals surface area contributed by atoms with E-state index in [4.69, 9.17) is 4.74 Å². The lowest BCUT2D eigenvalue weighted by molar-refractivity contribution is 0.168. The second kappa shape index (κ2) is 4.42. The van der Waals surface area contributed by atoms with Gasteiger partial charge in [-0.25, -0.2) is 4.39 Å². The summed E-state index contributed by atoms with van der Waals surface area (Å²) in [6.07, 6.45) is -0.499. The fourth-order valence-electron chi connectivity index (χ4n) is 1.24. The molecule has 0 amide bonds. The lowest BCUT2D eigenvalue weighted by Gasteiger charge is -2.15. The Morgan fingerprint density at radius 1 is 1.29 bits per heavy atom. The van der Waals surface area contributed by atoms with Gasteiger partial charge in [-0.2, -0.15) is 0 Å². The highest BCUT2D eigenvalue weighted by Crippen LogP contribution is 2.24. The van der Waals surface area contributed by atoms with Crippen LogP contribution >= 0.6 is 0 Å². The summed E-state index contributed by atoms with van der Waals surface area (Å²) < 4.78 is 18.0. The smallest absolute Gasteiger partial charge is 0.127 e. The second-order valence-electron chi connectivity index (χ2n) is 3.45. The van der Waals surface area contributed by atoms with Crippen LogP contribution in [0.25, 0.3) is 0 Å². The Morgan fingerprint density at radius 3 is 2.43 bits per heavy atom. The molecule has 3 heteroatoms. The van der Waals surface area contributed by atoms with Crippen LogP contribution in [-0.4, -0.2) is 18.3 Å². The van der Waals surface area contributed by atoms with Gasteiger partial charge in [0, 0.05) is 12.0 Å². The molecule has 2 nitrogen and oxygen atoms in total. The van der Waals surface area contributed by atoms with Gasteiger partial charge < -0.3 is 9.84 Å². The maximum Gasteiger partial charge on any atom is 0.127 e. The monoisotopic (exact) mass is 198 g/mol. The standard InChI is InChI=1S/C11H15FO2/c1-7(8(2)13)9-4-10(12)6-11(5-9)14-3/h4-8,13H,1-3H3. The molecular weight excluding hydrogens is 183 g/mol. The topological polar surface area (TPSA) is 29.5 Å². The maximum atomic E-state index is 13.1. The van der Waals surface area contributed by atoms with Crippen LogP contribution in [0, 0.1) is 5.82 Å². The fraction of sp³-hybridized carbons (Fsp3) is 0.455. The summed E-state index contributed by atoms with van der Waals surface area (Å²) >= 11 is 0. The van der Waals surface area contributed by atoms with Crippen molar-refractivity contribution in [2.24, 2.45) is 0 Å². The zero-order chi connectivity index (χ0) is 10.7. The Balaban J connectivity index is 3.02. The van der Waals surface area contributed by atoms with Crippen LogP contribution in [0.3, 0.4) is 0 Å². The van der Waals surface area contributed by atoms with E-state index in [0.29, 0.717) is 5.75 Å². The van der Waals surface area contributed by atoms with Gasteiger partial charge >= 0.3 is 0 Å². The third-order valence-corrected chi connectivity index (χ3v) is 2.38. The molecule has 0 aliphatic heterocycles. The van der Waals surface area contributed by atoms with Gasteiger partial charge in [-0.1, -0.05) is 6.92 Å². The third-order valence-electron chi connectivity index (χ3n) is 2.38. The van der Waals surface area contributed by atoms with Gasteiger partial charge in [0.15, 0.2) is 0 Å². The second-order valence-corrected chi connectivity index (χ2v) is 3.45. The summed E-state index contributed by atoms with van der Waals surface area (Å²) in [5, 5.41) is 9.37. The first-order valence-electron chi connectivity index (χ1n) is 4.57. The molecule has 0 aliphatic rings. The summed E-state index contributed by atoms with van der Waals surface area (Å²) in [7, 11) is 1.49. The predicted molar refractivity (Wildman–Crippen MR) is 53.0 cm³/mol. The van der Waals surface area contributed by atoms with Crippen LogP contribution in [0.5, 0.6) is 5.75 Å². The summed E-state index contributed by atoms with van der Waals surface area (Å²) in [6.45, 7) is 3.53. The van der Waals surface area contributed by atoms with E-state index in [1.807, 2.05) is 6.92 Å². The maximum absolute atomic E-state index is 13.1. The van der Waals surface area contributed by atoms with Crippen LogP contribution in [0.1, 0.15) is 25.3 Å². The zero-order valence-corrected chi connectivity index (χ0v) is 8.62. The van der Waals surface area contributed by atoms with Gasteiger partial charge in [0.25, 0.3) is 0 Å². The Labute approximate surface area is 83.3 Å². The summed E-state index contributed by atoms with van der Waals surface area (Å²) in [4.78, 5) is 0. The van der Waals surface area contributed by atoms with E-state index in [1.165, 1.54) is 19.2 Å². The van der Waals surface area contributed by atoms with Gasteiger partial charge in [-0.15, -0.1) is 0 Å².